The number of para-hydroxylation sites is 2. The zero-order chi connectivity index (χ0) is 20.3. The predicted octanol–water partition coefficient (Wildman–Crippen LogP) is 4.64. The first kappa shape index (κ1) is 20.3. The second kappa shape index (κ2) is 8.32. The number of anilines is 2. The molecule has 1 saturated heterocycles. The average molecular weight is 435 g/mol. The SMILES string of the molecule is O=C(Nc1ccccc1OC(F)(F)F)N1CCN(c2c(Cl)cncc2Cl)CC1. The number of nitrogens with zero attached hydrogens (tertiary/aromatic N) is 3. The lowest BCUT2D eigenvalue weighted by molar-refractivity contribution is -0.274. The van der Waals surface area contributed by atoms with Crippen molar-refractivity contribution in [3.05, 3.63) is 46.7 Å². The molecular formula is C17H15Cl2F3N4O2. The third-order valence-corrected chi connectivity index (χ3v) is 4.62. The largest absolute Gasteiger partial charge is 0.573 e. The number of ether oxygens (including phenoxy) is 1. The van der Waals surface area contributed by atoms with Crippen LogP contribution in [0.15, 0.2) is 36.7 Å². The molecule has 0 spiro atoms. The number of hydrogen-bond acceptors (Lipinski definition) is 4. The molecule has 1 aromatic carbocycles. The molecule has 2 amide bonds. The van der Waals surface area contributed by atoms with Crippen molar-refractivity contribution in [2.24, 2.45) is 0 Å². The van der Waals surface area contributed by atoms with E-state index in [1.54, 1.807) is 0 Å². The molecule has 1 N–H and O–H groups in total. The summed E-state index contributed by atoms with van der Waals surface area (Å²) in [5.41, 5.74) is 0.579. The van der Waals surface area contributed by atoms with Crippen molar-refractivity contribution in [3.8, 4) is 5.75 Å². The molecule has 2 heterocycles. The van der Waals surface area contributed by atoms with Crippen LogP contribution < -0.4 is 15.0 Å². The first-order chi connectivity index (χ1) is 13.2. The molecule has 0 aliphatic carbocycles. The highest BCUT2D eigenvalue weighted by atomic mass is 35.5. The van der Waals surface area contributed by atoms with E-state index in [2.05, 4.69) is 15.0 Å². The summed E-state index contributed by atoms with van der Waals surface area (Å²) in [7, 11) is 0. The third-order valence-electron chi connectivity index (χ3n) is 4.07. The minimum Gasteiger partial charge on any atom is -0.404 e. The number of aromatic nitrogens is 1. The number of amides is 2. The van der Waals surface area contributed by atoms with Gasteiger partial charge >= 0.3 is 12.4 Å². The van der Waals surface area contributed by atoms with E-state index in [4.69, 9.17) is 23.2 Å². The van der Waals surface area contributed by atoms with Crippen LogP contribution in [0.2, 0.25) is 10.0 Å². The van der Waals surface area contributed by atoms with Crippen LogP contribution >= 0.6 is 23.2 Å². The van der Waals surface area contributed by atoms with Crippen molar-refractivity contribution in [2.45, 2.75) is 6.36 Å². The van der Waals surface area contributed by atoms with Crippen LogP contribution in [0.5, 0.6) is 5.75 Å². The van der Waals surface area contributed by atoms with Crippen molar-refractivity contribution in [1.29, 1.82) is 0 Å². The van der Waals surface area contributed by atoms with Crippen LogP contribution in [0.4, 0.5) is 29.3 Å². The fourth-order valence-corrected chi connectivity index (χ4v) is 3.42. The Hall–Kier alpha value is -2.39. The van der Waals surface area contributed by atoms with Gasteiger partial charge in [-0.3, -0.25) is 4.98 Å². The molecule has 28 heavy (non-hydrogen) atoms. The minimum atomic E-state index is -4.85. The van der Waals surface area contributed by atoms with Crippen LogP contribution in [-0.4, -0.2) is 48.5 Å². The van der Waals surface area contributed by atoms with E-state index in [1.807, 2.05) is 4.90 Å². The second-order valence-corrected chi connectivity index (χ2v) is 6.71. The predicted molar refractivity (Wildman–Crippen MR) is 100 cm³/mol. The Kier molecular flexibility index (Phi) is 6.04. The lowest BCUT2D eigenvalue weighted by Crippen LogP contribution is -2.50. The van der Waals surface area contributed by atoms with Gasteiger partial charge in [-0.25, -0.2) is 4.79 Å². The molecule has 11 heteroatoms. The molecular weight excluding hydrogens is 420 g/mol. The van der Waals surface area contributed by atoms with Gasteiger partial charge in [0.15, 0.2) is 5.75 Å². The summed E-state index contributed by atoms with van der Waals surface area (Å²) in [5.74, 6) is -0.475. The summed E-state index contributed by atoms with van der Waals surface area (Å²) in [4.78, 5) is 19.8. The van der Waals surface area contributed by atoms with Crippen LogP contribution in [0.25, 0.3) is 0 Å². The standard InChI is InChI=1S/C17H15Cl2F3N4O2/c18-11-9-23-10-12(19)15(11)25-5-7-26(8-6-25)16(27)24-13-3-1-2-4-14(13)28-17(20,21)22/h1-4,9-10H,5-8H2,(H,24,27). The molecule has 3 rings (SSSR count). The number of urea groups is 1. The fourth-order valence-electron chi connectivity index (χ4n) is 2.82. The van der Waals surface area contributed by atoms with Crippen molar-refractivity contribution >= 4 is 40.6 Å². The summed E-state index contributed by atoms with van der Waals surface area (Å²) >= 11 is 12.3. The fraction of sp³-hybridized carbons (Fsp3) is 0.294. The molecule has 1 aliphatic heterocycles. The molecule has 0 atom stereocenters. The number of halogens is 5. The number of carbonyl (C=O) groups excluding carboxylic acids is 1. The van der Waals surface area contributed by atoms with Crippen LogP contribution in [0.1, 0.15) is 0 Å². The van der Waals surface area contributed by atoms with E-state index < -0.39 is 18.1 Å². The molecule has 0 bridgehead atoms. The van der Waals surface area contributed by atoms with Gasteiger partial charge in [-0.05, 0) is 12.1 Å². The number of rotatable bonds is 3. The molecule has 2 aromatic rings. The van der Waals surface area contributed by atoms with E-state index in [0.717, 1.165) is 6.07 Å². The molecule has 0 saturated carbocycles. The van der Waals surface area contributed by atoms with E-state index in [0.29, 0.717) is 41.9 Å². The highest BCUT2D eigenvalue weighted by Gasteiger charge is 2.32. The van der Waals surface area contributed by atoms with E-state index in [9.17, 15) is 18.0 Å². The molecule has 150 valence electrons. The lowest BCUT2D eigenvalue weighted by atomic mass is 10.2. The molecule has 0 unspecified atom stereocenters. The molecule has 1 aliphatic rings. The Morgan fingerprint density at radius 1 is 1.07 bits per heavy atom. The highest BCUT2D eigenvalue weighted by Crippen LogP contribution is 2.33. The number of carbonyl (C=O) groups is 1. The van der Waals surface area contributed by atoms with Gasteiger partial charge in [0.05, 0.1) is 21.4 Å². The Morgan fingerprint density at radius 2 is 1.68 bits per heavy atom. The van der Waals surface area contributed by atoms with Gasteiger partial charge in [-0.1, -0.05) is 35.3 Å². The molecule has 0 radical (unpaired) electrons. The van der Waals surface area contributed by atoms with Gasteiger partial charge < -0.3 is 19.9 Å². The molecule has 1 fully saturated rings. The smallest absolute Gasteiger partial charge is 0.404 e. The minimum absolute atomic E-state index is 0.0625. The number of piperazine rings is 1. The first-order valence-corrected chi connectivity index (χ1v) is 8.95. The van der Waals surface area contributed by atoms with Crippen LogP contribution in [-0.2, 0) is 0 Å². The summed E-state index contributed by atoms with van der Waals surface area (Å²) < 4.78 is 41.5. The van der Waals surface area contributed by atoms with E-state index in [-0.39, 0.29) is 5.69 Å². The Labute approximate surface area is 168 Å². The quantitative estimate of drug-likeness (QED) is 0.764. The summed E-state index contributed by atoms with van der Waals surface area (Å²) in [6.45, 7) is 1.58. The monoisotopic (exact) mass is 434 g/mol. The van der Waals surface area contributed by atoms with Crippen molar-refractivity contribution in [1.82, 2.24) is 9.88 Å². The maximum absolute atomic E-state index is 12.5. The highest BCUT2D eigenvalue weighted by molar-refractivity contribution is 6.38. The van der Waals surface area contributed by atoms with Crippen molar-refractivity contribution in [2.75, 3.05) is 36.4 Å². The topological polar surface area (TPSA) is 57.7 Å². The summed E-state index contributed by atoms with van der Waals surface area (Å²) in [6.07, 6.45) is -1.88. The summed E-state index contributed by atoms with van der Waals surface area (Å²) in [5, 5.41) is 3.27. The maximum atomic E-state index is 12.5. The van der Waals surface area contributed by atoms with Crippen LogP contribution in [0, 0.1) is 0 Å². The van der Waals surface area contributed by atoms with Crippen molar-refractivity contribution < 1.29 is 22.7 Å². The lowest BCUT2D eigenvalue weighted by Gasteiger charge is -2.36. The van der Waals surface area contributed by atoms with Gasteiger partial charge in [0.1, 0.15) is 0 Å². The average Bonchev–Trinajstić information content (AvgIpc) is 2.62. The number of pyridine rings is 1. The number of nitrogens with one attached hydrogen (secondary N) is 1. The maximum Gasteiger partial charge on any atom is 0.573 e. The zero-order valence-electron chi connectivity index (χ0n) is 14.3. The first-order valence-electron chi connectivity index (χ1n) is 8.19. The van der Waals surface area contributed by atoms with E-state index in [1.165, 1.54) is 35.5 Å². The third kappa shape index (κ3) is 4.90. The van der Waals surface area contributed by atoms with Gasteiger partial charge in [0.25, 0.3) is 0 Å². The Balaban J connectivity index is 1.64. The molecule has 6 nitrogen and oxygen atoms in total. The molecule has 1 aromatic heterocycles. The number of hydrogen-bond donors (Lipinski definition) is 1. The van der Waals surface area contributed by atoms with Gasteiger partial charge in [-0.2, -0.15) is 0 Å². The zero-order valence-corrected chi connectivity index (χ0v) is 15.9. The van der Waals surface area contributed by atoms with Crippen LogP contribution in [0.3, 0.4) is 0 Å². The number of alkyl halides is 3. The van der Waals surface area contributed by atoms with E-state index >= 15 is 0 Å². The van der Waals surface area contributed by atoms with Gasteiger partial charge in [-0.15, -0.1) is 13.2 Å². The van der Waals surface area contributed by atoms with Gasteiger partial charge in [0, 0.05) is 38.6 Å². The van der Waals surface area contributed by atoms with Crippen molar-refractivity contribution in [3.63, 3.8) is 0 Å². The Bertz CT molecular complexity index is 838. The second-order valence-electron chi connectivity index (χ2n) is 5.90. The Morgan fingerprint density at radius 3 is 2.29 bits per heavy atom. The normalized spacial score (nSPS) is 14.8. The number of benzene rings is 1. The summed E-state index contributed by atoms with van der Waals surface area (Å²) in [6, 6.07) is 4.84. The van der Waals surface area contributed by atoms with Gasteiger partial charge in [0.2, 0.25) is 0 Å².